The maximum absolute atomic E-state index is 12.6. The number of carbonyl (C=O) groups excluding carboxylic acids is 2. The number of ether oxygens (including phenoxy) is 1. The van der Waals surface area contributed by atoms with Crippen molar-refractivity contribution < 1.29 is 19.4 Å². The van der Waals surface area contributed by atoms with Crippen LogP contribution in [0.1, 0.15) is 19.3 Å². The quantitative estimate of drug-likeness (QED) is 0.622. The SMILES string of the molecule is NC(=O)C1CCN(CC(=O)N2CC[C@](O)(CN3CCOCC3)C2)CC1. The summed E-state index contributed by atoms with van der Waals surface area (Å²) >= 11 is 0. The number of hydrogen-bond acceptors (Lipinski definition) is 6. The lowest BCUT2D eigenvalue weighted by Crippen LogP contribution is -2.50. The average Bonchev–Trinajstić information content (AvgIpc) is 2.98. The van der Waals surface area contributed by atoms with Gasteiger partial charge in [-0.1, -0.05) is 0 Å². The molecule has 8 heteroatoms. The molecule has 0 bridgehead atoms. The molecule has 0 aromatic heterocycles. The molecule has 3 aliphatic rings. The minimum Gasteiger partial charge on any atom is -0.387 e. The Balaban J connectivity index is 1.43. The lowest BCUT2D eigenvalue weighted by atomic mass is 9.96. The molecule has 0 unspecified atom stereocenters. The van der Waals surface area contributed by atoms with Gasteiger partial charge in [0, 0.05) is 32.1 Å². The Labute approximate surface area is 148 Å². The van der Waals surface area contributed by atoms with Gasteiger partial charge in [0.05, 0.1) is 31.9 Å². The Bertz CT molecular complexity index is 489. The molecule has 8 nitrogen and oxygen atoms in total. The van der Waals surface area contributed by atoms with Gasteiger partial charge in [-0.05, 0) is 32.4 Å². The highest BCUT2D eigenvalue weighted by molar-refractivity contribution is 5.79. The average molecular weight is 354 g/mol. The van der Waals surface area contributed by atoms with Gasteiger partial charge in [0.25, 0.3) is 0 Å². The van der Waals surface area contributed by atoms with Crippen LogP contribution in [-0.4, -0.2) is 103 Å². The van der Waals surface area contributed by atoms with Crippen LogP contribution in [0.25, 0.3) is 0 Å². The summed E-state index contributed by atoms with van der Waals surface area (Å²) < 4.78 is 5.34. The van der Waals surface area contributed by atoms with Crippen molar-refractivity contribution >= 4 is 11.8 Å². The van der Waals surface area contributed by atoms with Gasteiger partial charge in [-0.2, -0.15) is 0 Å². The van der Waals surface area contributed by atoms with Crippen molar-refractivity contribution in [2.75, 3.05) is 65.6 Å². The Kier molecular flexibility index (Phi) is 5.93. The minimum atomic E-state index is -0.814. The van der Waals surface area contributed by atoms with Gasteiger partial charge in [-0.3, -0.25) is 19.4 Å². The van der Waals surface area contributed by atoms with Crippen molar-refractivity contribution in [3.8, 4) is 0 Å². The van der Waals surface area contributed by atoms with E-state index in [1.807, 2.05) is 0 Å². The molecule has 3 aliphatic heterocycles. The van der Waals surface area contributed by atoms with E-state index in [0.717, 1.165) is 39.0 Å². The molecule has 3 saturated heterocycles. The van der Waals surface area contributed by atoms with Crippen LogP contribution in [0.15, 0.2) is 0 Å². The van der Waals surface area contributed by atoms with Gasteiger partial charge >= 0.3 is 0 Å². The molecule has 0 aliphatic carbocycles. The number of piperidine rings is 1. The van der Waals surface area contributed by atoms with Crippen LogP contribution in [-0.2, 0) is 14.3 Å². The summed E-state index contributed by atoms with van der Waals surface area (Å²) in [6.45, 7) is 6.52. The van der Waals surface area contributed by atoms with Crippen LogP contribution in [0.5, 0.6) is 0 Å². The largest absolute Gasteiger partial charge is 0.387 e. The van der Waals surface area contributed by atoms with Crippen molar-refractivity contribution in [3.63, 3.8) is 0 Å². The number of aliphatic hydroxyl groups is 1. The van der Waals surface area contributed by atoms with E-state index in [9.17, 15) is 14.7 Å². The number of hydrogen-bond donors (Lipinski definition) is 2. The Hall–Kier alpha value is -1.22. The molecule has 3 N–H and O–H groups in total. The van der Waals surface area contributed by atoms with E-state index < -0.39 is 5.60 Å². The fraction of sp³-hybridized carbons (Fsp3) is 0.882. The fourth-order valence-corrected chi connectivity index (χ4v) is 4.04. The number of primary amides is 1. The van der Waals surface area contributed by atoms with E-state index >= 15 is 0 Å². The lowest BCUT2D eigenvalue weighted by Gasteiger charge is -2.34. The molecule has 0 spiro atoms. The van der Waals surface area contributed by atoms with Crippen LogP contribution >= 0.6 is 0 Å². The van der Waals surface area contributed by atoms with Gasteiger partial charge in [0.1, 0.15) is 0 Å². The van der Waals surface area contributed by atoms with Gasteiger partial charge in [0.15, 0.2) is 0 Å². The first-order valence-corrected chi connectivity index (χ1v) is 9.27. The number of likely N-dealkylation sites (tertiary alicyclic amines) is 2. The third-order valence-electron chi connectivity index (χ3n) is 5.66. The number of carbonyl (C=O) groups is 2. The van der Waals surface area contributed by atoms with E-state index in [2.05, 4.69) is 9.80 Å². The number of nitrogens with two attached hydrogens (primary N) is 1. The summed E-state index contributed by atoms with van der Waals surface area (Å²) in [5.74, 6) is -0.231. The van der Waals surface area contributed by atoms with Gasteiger partial charge in [-0.15, -0.1) is 0 Å². The first kappa shape index (κ1) is 18.6. The molecule has 2 amide bonds. The zero-order valence-corrected chi connectivity index (χ0v) is 14.9. The summed E-state index contributed by atoms with van der Waals surface area (Å²) in [5.41, 5.74) is 4.53. The van der Waals surface area contributed by atoms with Gasteiger partial charge in [0.2, 0.25) is 11.8 Å². The fourth-order valence-electron chi connectivity index (χ4n) is 4.04. The summed E-state index contributed by atoms with van der Waals surface area (Å²) in [5, 5.41) is 10.8. The van der Waals surface area contributed by atoms with Crippen LogP contribution in [0, 0.1) is 5.92 Å². The lowest BCUT2D eigenvalue weighted by molar-refractivity contribution is -0.133. The third-order valence-corrected chi connectivity index (χ3v) is 5.66. The molecule has 3 heterocycles. The van der Waals surface area contributed by atoms with Crippen molar-refractivity contribution in [3.05, 3.63) is 0 Å². The molecule has 3 fully saturated rings. The molecular weight excluding hydrogens is 324 g/mol. The summed E-state index contributed by atoms with van der Waals surface area (Å²) in [6.07, 6.45) is 2.08. The number of morpholine rings is 1. The summed E-state index contributed by atoms with van der Waals surface area (Å²) in [4.78, 5) is 29.9. The second kappa shape index (κ2) is 7.99. The zero-order valence-electron chi connectivity index (χ0n) is 14.9. The first-order valence-electron chi connectivity index (χ1n) is 9.27. The van der Waals surface area contributed by atoms with Crippen molar-refractivity contribution in [2.45, 2.75) is 24.9 Å². The molecule has 0 aromatic carbocycles. The summed E-state index contributed by atoms with van der Waals surface area (Å²) in [6, 6.07) is 0. The van der Waals surface area contributed by atoms with E-state index in [4.69, 9.17) is 10.5 Å². The molecule has 142 valence electrons. The highest BCUT2D eigenvalue weighted by Gasteiger charge is 2.40. The minimum absolute atomic E-state index is 0.0586. The Morgan fingerprint density at radius 2 is 1.76 bits per heavy atom. The van der Waals surface area contributed by atoms with E-state index in [0.29, 0.717) is 45.8 Å². The van der Waals surface area contributed by atoms with E-state index in [-0.39, 0.29) is 17.7 Å². The molecule has 3 rings (SSSR count). The van der Waals surface area contributed by atoms with Crippen LogP contribution in [0.3, 0.4) is 0 Å². The highest BCUT2D eigenvalue weighted by Crippen LogP contribution is 2.24. The van der Waals surface area contributed by atoms with Crippen LogP contribution < -0.4 is 5.73 Å². The smallest absolute Gasteiger partial charge is 0.236 e. The predicted octanol–water partition coefficient (Wildman–Crippen LogP) is -1.52. The topological polar surface area (TPSA) is 99.3 Å². The van der Waals surface area contributed by atoms with Gasteiger partial charge < -0.3 is 20.5 Å². The number of rotatable bonds is 5. The maximum Gasteiger partial charge on any atom is 0.236 e. The second-order valence-electron chi connectivity index (χ2n) is 7.63. The predicted molar refractivity (Wildman–Crippen MR) is 91.8 cm³/mol. The monoisotopic (exact) mass is 354 g/mol. The van der Waals surface area contributed by atoms with Crippen LogP contribution in [0.4, 0.5) is 0 Å². The Morgan fingerprint density at radius 3 is 2.40 bits per heavy atom. The summed E-state index contributed by atoms with van der Waals surface area (Å²) in [7, 11) is 0. The first-order chi connectivity index (χ1) is 12.0. The van der Waals surface area contributed by atoms with Crippen molar-refractivity contribution in [2.24, 2.45) is 11.7 Å². The number of nitrogens with zero attached hydrogens (tertiary/aromatic N) is 3. The maximum atomic E-state index is 12.6. The normalized spacial score (nSPS) is 29.9. The highest BCUT2D eigenvalue weighted by atomic mass is 16.5. The molecule has 25 heavy (non-hydrogen) atoms. The standard InChI is InChI=1S/C17H30N4O4/c18-16(23)14-1-4-19(5-2-14)11-15(22)21-6-3-17(24,13-21)12-20-7-9-25-10-8-20/h14,24H,1-13H2,(H2,18,23)/t17-/m0/s1. The van der Waals surface area contributed by atoms with Gasteiger partial charge in [-0.25, -0.2) is 0 Å². The van der Waals surface area contributed by atoms with E-state index in [1.54, 1.807) is 4.90 Å². The zero-order chi connectivity index (χ0) is 17.9. The number of amides is 2. The van der Waals surface area contributed by atoms with Crippen LogP contribution in [0.2, 0.25) is 0 Å². The second-order valence-corrected chi connectivity index (χ2v) is 7.63. The molecular formula is C17H30N4O4. The third kappa shape index (κ3) is 4.91. The number of β-amino-alcohol motifs (C(OH)–C–C–N with tert-alkyl or cyclic N) is 1. The van der Waals surface area contributed by atoms with E-state index in [1.165, 1.54) is 0 Å². The van der Waals surface area contributed by atoms with Crippen molar-refractivity contribution in [1.82, 2.24) is 14.7 Å². The molecule has 0 aromatic rings. The Morgan fingerprint density at radius 1 is 1.08 bits per heavy atom. The molecule has 0 saturated carbocycles. The molecule has 0 radical (unpaired) electrons. The van der Waals surface area contributed by atoms with Crippen molar-refractivity contribution in [1.29, 1.82) is 0 Å². The molecule has 1 atom stereocenters.